The van der Waals surface area contributed by atoms with Gasteiger partial charge < -0.3 is 24.1 Å². The molecule has 0 aliphatic rings. The Morgan fingerprint density at radius 2 is 1.00 bits per heavy atom. The predicted molar refractivity (Wildman–Crippen MR) is 144 cm³/mol. The summed E-state index contributed by atoms with van der Waals surface area (Å²) in [5.41, 5.74) is 6.82. The molecule has 0 bridgehead atoms. The van der Waals surface area contributed by atoms with E-state index in [0.717, 1.165) is 12.8 Å². The Morgan fingerprint density at radius 3 is 1.28 bits per heavy atom. The summed E-state index contributed by atoms with van der Waals surface area (Å²) in [4.78, 5) is 0. The van der Waals surface area contributed by atoms with Crippen molar-refractivity contribution in [2.24, 2.45) is 5.73 Å². The fourth-order valence-electron chi connectivity index (χ4n) is 3.48. The minimum Gasteiger partial charge on any atom is -0.417 e. The van der Waals surface area contributed by atoms with Crippen molar-refractivity contribution in [1.29, 1.82) is 0 Å². The second-order valence-electron chi connectivity index (χ2n) is 11.3. The van der Waals surface area contributed by atoms with E-state index in [9.17, 15) is 0 Å². The van der Waals surface area contributed by atoms with Gasteiger partial charge in [-0.1, -0.05) is 52.4 Å². The lowest BCUT2D eigenvalue weighted by Gasteiger charge is -2.33. The van der Waals surface area contributed by atoms with Crippen LogP contribution in [0.5, 0.6) is 0 Å². The third-order valence-electron chi connectivity index (χ3n) is 5.56. The molecule has 4 atom stereocenters. The van der Waals surface area contributed by atoms with Gasteiger partial charge in [0.25, 0.3) is 0 Å². The predicted octanol–water partition coefficient (Wildman–Crippen LogP) is 4.73. The highest BCUT2D eigenvalue weighted by Gasteiger charge is 2.28. The molecule has 7 heteroatoms. The molecule has 4 unspecified atom stereocenters. The van der Waals surface area contributed by atoms with Crippen molar-refractivity contribution >= 4 is 19.5 Å². The maximum absolute atomic E-state index is 6.63. The van der Waals surface area contributed by atoms with Gasteiger partial charge in [0.15, 0.2) is 19.5 Å². The summed E-state index contributed by atoms with van der Waals surface area (Å²) in [5.74, 6) is 0. The molecule has 0 aromatic heterocycles. The number of rotatable bonds is 18. The lowest BCUT2D eigenvalue weighted by atomic mass is 10.1. The molecule has 0 fully saturated rings. The molecule has 32 heavy (non-hydrogen) atoms. The van der Waals surface area contributed by atoms with Crippen LogP contribution in [0.3, 0.4) is 0 Å². The molecule has 0 saturated heterocycles. The van der Waals surface area contributed by atoms with E-state index in [1.807, 2.05) is 0 Å². The standard InChI is InChI=1S/C25H57NO4Si2/c1-11-13-15-17-21(31-29-24(5,6)7)27-19(3)23(26)20(4)28-22(18-16-14-12-2)32-30-25(8,9)10/h19-23H,11-18,26,31-32H2,1-10H3. The van der Waals surface area contributed by atoms with Gasteiger partial charge in [0.2, 0.25) is 0 Å². The van der Waals surface area contributed by atoms with Crippen LogP contribution in [-0.4, -0.2) is 60.4 Å². The molecular formula is C25H57NO4Si2. The molecule has 0 heterocycles. The van der Waals surface area contributed by atoms with Gasteiger partial charge in [-0.25, -0.2) is 0 Å². The molecule has 0 radical (unpaired) electrons. The molecule has 194 valence electrons. The Hall–Kier alpha value is 0.234. The zero-order valence-corrected chi connectivity index (χ0v) is 26.0. The van der Waals surface area contributed by atoms with Crippen LogP contribution >= 0.6 is 0 Å². The van der Waals surface area contributed by atoms with Crippen LogP contribution in [-0.2, 0) is 18.3 Å². The van der Waals surface area contributed by atoms with E-state index >= 15 is 0 Å². The molecule has 0 saturated carbocycles. The fourth-order valence-corrected chi connectivity index (χ4v) is 6.53. The topological polar surface area (TPSA) is 62.9 Å². The summed E-state index contributed by atoms with van der Waals surface area (Å²) < 4.78 is 25.3. The van der Waals surface area contributed by atoms with Crippen LogP contribution in [0.15, 0.2) is 0 Å². The van der Waals surface area contributed by atoms with Crippen LogP contribution in [0.25, 0.3) is 0 Å². The van der Waals surface area contributed by atoms with Crippen molar-refractivity contribution < 1.29 is 18.3 Å². The Bertz CT molecular complexity index is 414. The highest BCUT2D eigenvalue weighted by atomic mass is 28.2. The molecule has 0 aliphatic carbocycles. The molecule has 0 spiro atoms. The maximum Gasteiger partial charge on any atom is 0.191 e. The van der Waals surface area contributed by atoms with Gasteiger partial charge in [0, 0.05) is 11.2 Å². The molecule has 0 aromatic rings. The average molecular weight is 492 g/mol. The smallest absolute Gasteiger partial charge is 0.191 e. The van der Waals surface area contributed by atoms with Crippen LogP contribution in [0.4, 0.5) is 0 Å². The Labute approximate surface area is 205 Å². The lowest BCUT2D eigenvalue weighted by molar-refractivity contribution is -0.0518. The van der Waals surface area contributed by atoms with Crippen molar-refractivity contribution in [2.45, 2.75) is 162 Å². The summed E-state index contributed by atoms with van der Waals surface area (Å²) in [6, 6.07) is -0.162. The highest BCUT2D eigenvalue weighted by molar-refractivity contribution is 6.29. The Kier molecular flexibility index (Phi) is 16.9. The van der Waals surface area contributed by atoms with E-state index in [1.54, 1.807) is 0 Å². The summed E-state index contributed by atoms with van der Waals surface area (Å²) in [6.45, 7) is 21.4. The SMILES string of the molecule is CCCCCC(OC(C)C(N)C(C)OC(CCCCC)[SiH2]OC(C)(C)C)[SiH2]OC(C)(C)C. The number of nitrogens with two attached hydrogens (primary N) is 1. The van der Waals surface area contributed by atoms with Crippen molar-refractivity contribution in [1.82, 2.24) is 0 Å². The molecule has 0 aliphatic heterocycles. The zero-order chi connectivity index (χ0) is 24.8. The van der Waals surface area contributed by atoms with E-state index in [2.05, 4.69) is 69.2 Å². The van der Waals surface area contributed by atoms with E-state index in [-0.39, 0.29) is 40.9 Å². The molecule has 0 aromatic carbocycles. The lowest BCUT2D eigenvalue weighted by Crippen LogP contribution is -2.49. The van der Waals surface area contributed by atoms with E-state index in [1.165, 1.54) is 38.5 Å². The van der Waals surface area contributed by atoms with E-state index in [0.29, 0.717) is 0 Å². The largest absolute Gasteiger partial charge is 0.417 e. The zero-order valence-electron chi connectivity index (χ0n) is 23.2. The minimum atomic E-state index is -0.798. The van der Waals surface area contributed by atoms with Gasteiger partial charge in [-0.05, 0) is 68.2 Å². The van der Waals surface area contributed by atoms with Crippen LogP contribution in [0.1, 0.15) is 121 Å². The van der Waals surface area contributed by atoms with Gasteiger partial charge in [-0.15, -0.1) is 0 Å². The summed E-state index contributed by atoms with van der Waals surface area (Å²) in [5, 5.41) is 0. The average Bonchev–Trinajstić information content (AvgIpc) is 2.68. The van der Waals surface area contributed by atoms with Crippen LogP contribution < -0.4 is 5.73 Å². The second kappa shape index (κ2) is 16.8. The van der Waals surface area contributed by atoms with Crippen molar-refractivity contribution in [3.63, 3.8) is 0 Å². The third-order valence-corrected chi connectivity index (χ3v) is 9.57. The highest BCUT2D eigenvalue weighted by Crippen LogP contribution is 2.18. The minimum absolute atomic E-state index is 0.0609. The summed E-state index contributed by atoms with van der Waals surface area (Å²) in [6.07, 6.45) is 9.29. The first kappa shape index (κ1) is 32.2. The number of hydrogen-bond donors (Lipinski definition) is 1. The molecule has 2 N–H and O–H groups in total. The van der Waals surface area contributed by atoms with Gasteiger partial charge in [-0.2, -0.15) is 0 Å². The van der Waals surface area contributed by atoms with Crippen LogP contribution in [0.2, 0.25) is 0 Å². The quantitative estimate of drug-likeness (QED) is 0.222. The van der Waals surface area contributed by atoms with E-state index in [4.69, 9.17) is 24.1 Å². The first-order chi connectivity index (χ1) is 14.8. The Morgan fingerprint density at radius 1 is 0.656 bits per heavy atom. The number of hydrogen-bond acceptors (Lipinski definition) is 5. The molecular weight excluding hydrogens is 434 g/mol. The van der Waals surface area contributed by atoms with Gasteiger partial charge in [0.05, 0.1) is 29.7 Å². The van der Waals surface area contributed by atoms with Crippen LogP contribution in [0, 0.1) is 0 Å². The first-order valence-corrected chi connectivity index (χ1v) is 15.9. The number of unbranched alkanes of at least 4 members (excludes halogenated alkanes) is 4. The second-order valence-corrected chi connectivity index (χ2v) is 14.4. The van der Waals surface area contributed by atoms with E-state index < -0.39 is 19.5 Å². The maximum atomic E-state index is 6.63. The summed E-state index contributed by atoms with van der Waals surface area (Å²) in [7, 11) is -1.60. The molecule has 0 amide bonds. The van der Waals surface area contributed by atoms with Gasteiger partial charge in [0.1, 0.15) is 0 Å². The third kappa shape index (κ3) is 17.7. The van der Waals surface area contributed by atoms with Crippen molar-refractivity contribution in [3.8, 4) is 0 Å². The first-order valence-electron chi connectivity index (χ1n) is 13.1. The van der Waals surface area contributed by atoms with Gasteiger partial charge >= 0.3 is 0 Å². The normalized spacial score (nSPS) is 18.5. The monoisotopic (exact) mass is 491 g/mol. The Balaban J connectivity index is 4.89. The number of ether oxygens (including phenoxy) is 2. The molecule has 0 rings (SSSR count). The van der Waals surface area contributed by atoms with Gasteiger partial charge in [-0.3, -0.25) is 0 Å². The molecule has 5 nitrogen and oxygen atoms in total. The van der Waals surface area contributed by atoms with Crippen molar-refractivity contribution in [2.75, 3.05) is 0 Å². The summed E-state index contributed by atoms with van der Waals surface area (Å²) >= 11 is 0. The fraction of sp³-hybridized carbons (Fsp3) is 1.00. The van der Waals surface area contributed by atoms with Crippen molar-refractivity contribution in [3.05, 3.63) is 0 Å².